The van der Waals surface area contributed by atoms with Gasteiger partial charge in [-0.05, 0) is 38.5 Å². The molecule has 2 rings (SSSR count). The standard InChI is InChI=1S/C20H22ClN3O5/c1-13(2)29-11-5-10-22-19(25)16-6-3-4-7-18(16)23-20(26)15-9-8-14(24(27)28)12-17(15)21/h3-4,6-9,12-13H,5,10-11H2,1-2H3,(H,22,25)(H,23,26). The van der Waals surface area contributed by atoms with Gasteiger partial charge in [0.2, 0.25) is 0 Å². The van der Waals surface area contributed by atoms with Gasteiger partial charge >= 0.3 is 0 Å². The van der Waals surface area contributed by atoms with Crippen molar-refractivity contribution in [1.29, 1.82) is 0 Å². The Bertz CT molecular complexity index is 901. The number of ether oxygens (including phenoxy) is 1. The van der Waals surface area contributed by atoms with Crippen LogP contribution in [0.4, 0.5) is 11.4 Å². The van der Waals surface area contributed by atoms with Gasteiger partial charge in [0.1, 0.15) is 0 Å². The fourth-order valence-electron chi connectivity index (χ4n) is 2.47. The van der Waals surface area contributed by atoms with Crippen LogP contribution in [0.5, 0.6) is 0 Å². The molecule has 0 unspecified atom stereocenters. The van der Waals surface area contributed by atoms with Gasteiger partial charge in [-0.15, -0.1) is 0 Å². The summed E-state index contributed by atoms with van der Waals surface area (Å²) in [5.41, 5.74) is 0.456. The van der Waals surface area contributed by atoms with Crippen LogP contribution in [-0.4, -0.2) is 36.0 Å². The Morgan fingerprint density at radius 2 is 1.86 bits per heavy atom. The Morgan fingerprint density at radius 1 is 1.14 bits per heavy atom. The van der Waals surface area contributed by atoms with Gasteiger partial charge in [-0.25, -0.2) is 0 Å². The van der Waals surface area contributed by atoms with Gasteiger partial charge in [-0.1, -0.05) is 23.7 Å². The van der Waals surface area contributed by atoms with E-state index in [2.05, 4.69) is 10.6 Å². The second-order valence-corrected chi connectivity index (χ2v) is 6.86. The monoisotopic (exact) mass is 419 g/mol. The predicted molar refractivity (Wildman–Crippen MR) is 111 cm³/mol. The molecule has 0 spiro atoms. The Kier molecular flexibility index (Phi) is 8.11. The van der Waals surface area contributed by atoms with Crippen molar-refractivity contribution in [2.45, 2.75) is 26.4 Å². The normalized spacial score (nSPS) is 10.6. The number of benzene rings is 2. The minimum atomic E-state index is -0.598. The number of hydrogen-bond donors (Lipinski definition) is 2. The van der Waals surface area contributed by atoms with E-state index in [1.165, 1.54) is 12.1 Å². The molecule has 154 valence electrons. The van der Waals surface area contributed by atoms with Gasteiger partial charge in [0.05, 0.1) is 32.9 Å². The highest BCUT2D eigenvalue weighted by atomic mass is 35.5. The molecule has 8 nitrogen and oxygen atoms in total. The summed E-state index contributed by atoms with van der Waals surface area (Å²) in [7, 11) is 0. The Labute approximate surface area is 173 Å². The highest BCUT2D eigenvalue weighted by Gasteiger charge is 2.18. The van der Waals surface area contributed by atoms with Crippen LogP contribution in [0, 0.1) is 10.1 Å². The summed E-state index contributed by atoms with van der Waals surface area (Å²) < 4.78 is 5.43. The van der Waals surface area contributed by atoms with E-state index < -0.39 is 10.8 Å². The molecule has 0 saturated heterocycles. The van der Waals surface area contributed by atoms with Crippen molar-refractivity contribution in [3.05, 3.63) is 68.7 Å². The summed E-state index contributed by atoms with van der Waals surface area (Å²) in [6.45, 7) is 4.85. The van der Waals surface area contributed by atoms with Crippen LogP contribution in [0.15, 0.2) is 42.5 Å². The van der Waals surface area contributed by atoms with E-state index in [9.17, 15) is 19.7 Å². The van der Waals surface area contributed by atoms with E-state index in [0.29, 0.717) is 30.8 Å². The lowest BCUT2D eigenvalue weighted by Crippen LogP contribution is -2.27. The van der Waals surface area contributed by atoms with Crippen molar-refractivity contribution in [3.63, 3.8) is 0 Å². The van der Waals surface area contributed by atoms with Crippen molar-refractivity contribution < 1.29 is 19.2 Å². The molecule has 0 heterocycles. The molecule has 2 N–H and O–H groups in total. The number of nitrogens with zero attached hydrogens (tertiary/aromatic N) is 1. The van der Waals surface area contributed by atoms with Crippen LogP contribution >= 0.6 is 11.6 Å². The Balaban J connectivity index is 2.05. The molecule has 2 amide bonds. The third-order valence-corrected chi connectivity index (χ3v) is 4.20. The third kappa shape index (κ3) is 6.55. The molecular formula is C20H22ClN3O5. The van der Waals surface area contributed by atoms with Crippen LogP contribution in [0.3, 0.4) is 0 Å². The first-order valence-electron chi connectivity index (χ1n) is 9.03. The summed E-state index contributed by atoms with van der Waals surface area (Å²) >= 11 is 6.00. The molecule has 0 fully saturated rings. The lowest BCUT2D eigenvalue weighted by molar-refractivity contribution is -0.384. The molecule has 0 radical (unpaired) electrons. The molecule has 2 aromatic carbocycles. The Hall–Kier alpha value is -2.97. The lowest BCUT2D eigenvalue weighted by Gasteiger charge is -2.12. The Morgan fingerprint density at radius 3 is 2.52 bits per heavy atom. The zero-order valence-corrected chi connectivity index (χ0v) is 16.9. The average Bonchev–Trinajstić information content (AvgIpc) is 2.67. The van der Waals surface area contributed by atoms with E-state index in [0.717, 1.165) is 6.07 Å². The van der Waals surface area contributed by atoms with E-state index in [-0.39, 0.29) is 28.3 Å². The first kappa shape index (κ1) is 22.3. The lowest BCUT2D eigenvalue weighted by atomic mass is 10.1. The summed E-state index contributed by atoms with van der Waals surface area (Å²) in [6, 6.07) is 10.1. The number of para-hydroxylation sites is 1. The maximum atomic E-state index is 12.5. The molecule has 0 atom stereocenters. The zero-order chi connectivity index (χ0) is 21.4. The molecular weight excluding hydrogens is 398 g/mol. The fourth-order valence-corrected chi connectivity index (χ4v) is 2.73. The highest BCUT2D eigenvalue weighted by Crippen LogP contribution is 2.24. The van der Waals surface area contributed by atoms with E-state index in [4.69, 9.17) is 16.3 Å². The second-order valence-electron chi connectivity index (χ2n) is 6.45. The van der Waals surface area contributed by atoms with Gasteiger partial charge in [-0.3, -0.25) is 19.7 Å². The van der Waals surface area contributed by atoms with Gasteiger partial charge in [0, 0.05) is 25.3 Å². The quantitative estimate of drug-likeness (QED) is 0.362. The van der Waals surface area contributed by atoms with Crippen LogP contribution in [0.2, 0.25) is 5.02 Å². The topological polar surface area (TPSA) is 111 Å². The maximum Gasteiger partial charge on any atom is 0.270 e. The largest absolute Gasteiger partial charge is 0.379 e. The molecule has 0 aromatic heterocycles. The molecule has 29 heavy (non-hydrogen) atoms. The van der Waals surface area contributed by atoms with E-state index >= 15 is 0 Å². The van der Waals surface area contributed by atoms with Crippen LogP contribution in [0.1, 0.15) is 41.0 Å². The number of carbonyl (C=O) groups is 2. The molecule has 0 aliphatic carbocycles. The van der Waals surface area contributed by atoms with Crippen molar-refractivity contribution in [2.24, 2.45) is 0 Å². The summed E-state index contributed by atoms with van der Waals surface area (Å²) in [4.78, 5) is 35.2. The number of non-ortho nitro benzene ring substituents is 1. The molecule has 0 bridgehead atoms. The molecule has 0 aliphatic heterocycles. The number of anilines is 1. The van der Waals surface area contributed by atoms with Crippen LogP contribution < -0.4 is 10.6 Å². The fraction of sp³-hybridized carbons (Fsp3) is 0.300. The smallest absolute Gasteiger partial charge is 0.270 e. The number of nitro groups is 1. The summed E-state index contributed by atoms with van der Waals surface area (Å²) in [5, 5.41) is 16.2. The zero-order valence-electron chi connectivity index (χ0n) is 16.1. The maximum absolute atomic E-state index is 12.5. The molecule has 9 heteroatoms. The predicted octanol–water partition coefficient (Wildman–Crippen LogP) is 4.05. The summed E-state index contributed by atoms with van der Waals surface area (Å²) in [6.07, 6.45) is 0.796. The third-order valence-electron chi connectivity index (χ3n) is 3.89. The van der Waals surface area contributed by atoms with Crippen molar-refractivity contribution in [1.82, 2.24) is 5.32 Å². The summed E-state index contributed by atoms with van der Waals surface area (Å²) in [5.74, 6) is -0.907. The SMILES string of the molecule is CC(C)OCCCNC(=O)c1ccccc1NC(=O)c1ccc([N+](=O)[O-])cc1Cl. The first-order valence-corrected chi connectivity index (χ1v) is 9.41. The van der Waals surface area contributed by atoms with Crippen molar-refractivity contribution >= 4 is 34.8 Å². The van der Waals surface area contributed by atoms with Gasteiger partial charge in [0.25, 0.3) is 17.5 Å². The number of hydrogen-bond acceptors (Lipinski definition) is 5. The van der Waals surface area contributed by atoms with Gasteiger partial charge in [-0.2, -0.15) is 0 Å². The average molecular weight is 420 g/mol. The highest BCUT2D eigenvalue weighted by molar-refractivity contribution is 6.34. The molecule has 0 aliphatic rings. The number of halogens is 1. The number of rotatable bonds is 9. The minimum absolute atomic E-state index is 0.0521. The number of nitrogens with one attached hydrogen (secondary N) is 2. The van der Waals surface area contributed by atoms with Crippen LogP contribution in [-0.2, 0) is 4.74 Å². The second kappa shape index (κ2) is 10.5. The molecule has 0 saturated carbocycles. The van der Waals surface area contributed by atoms with Crippen molar-refractivity contribution in [3.8, 4) is 0 Å². The van der Waals surface area contributed by atoms with E-state index in [1.54, 1.807) is 24.3 Å². The number of nitro benzene ring substituents is 1. The van der Waals surface area contributed by atoms with E-state index in [1.807, 2.05) is 13.8 Å². The number of carbonyl (C=O) groups excluding carboxylic acids is 2. The first-order chi connectivity index (χ1) is 13.8. The van der Waals surface area contributed by atoms with Gasteiger partial charge < -0.3 is 15.4 Å². The minimum Gasteiger partial charge on any atom is -0.379 e. The molecule has 2 aromatic rings. The van der Waals surface area contributed by atoms with Crippen LogP contribution in [0.25, 0.3) is 0 Å². The van der Waals surface area contributed by atoms with Crippen molar-refractivity contribution in [2.75, 3.05) is 18.5 Å². The van der Waals surface area contributed by atoms with Gasteiger partial charge in [0.15, 0.2) is 0 Å². The number of amides is 2.